The quantitative estimate of drug-likeness (QED) is 0.631. The fraction of sp³-hybridized carbons (Fsp3) is 0.500. The van der Waals surface area contributed by atoms with Crippen LogP contribution in [0.3, 0.4) is 0 Å². The molecule has 1 heterocycles. The van der Waals surface area contributed by atoms with Gasteiger partial charge in [0.1, 0.15) is 0 Å². The van der Waals surface area contributed by atoms with Gasteiger partial charge in [-0.2, -0.15) is 0 Å². The number of rotatable bonds is 5. The number of nitrogens with zero attached hydrogens (tertiary/aromatic N) is 2. The second-order valence-corrected chi connectivity index (χ2v) is 5.22. The van der Waals surface area contributed by atoms with Crippen molar-refractivity contribution in [1.82, 2.24) is 10.2 Å². The maximum absolute atomic E-state index is 12.0. The zero-order chi connectivity index (χ0) is 15.4. The molecule has 1 aromatic rings. The van der Waals surface area contributed by atoms with Crippen molar-refractivity contribution >= 4 is 11.6 Å². The van der Waals surface area contributed by atoms with Gasteiger partial charge in [-0.25, -0.2) is 0 Å². The molecule has 2 N–H and O–H groups in total. The number of phenolic OH excluding ortho intramolecular Hbond substituents is 1. The van der Waals surface area contributed by atoms with E-state index in [4.69, 9.17) is 0 Å². The molecule has 0 saturated carbocycles. The van der Waals surface area contributed by atoms with E-state index in [2.05, 4.69) is 17.1 Å². The molecule has 7 heteroatoms. The molecule has 114 valence electrons. The third-order valence-electron chi connectivity index (χ3n) is 3.80. The van der Waals surface area contributed by atoms with Gasteiger partial charge in [0.15, 0.2) is 5.75 Å². The van der Waals surface area contributed by atoms with Gasteiger partial charge in [-0.15, -0.1) is 0 Å². The average Bonchev–Trinajstić information content (AvgIpc) is 2.92. The van der Waals surface area contributed by atoms with Gasteiger partial charge >= 0.3 is 5.69 Å². The predicted molar refractivity (Wildman–Crippen MR) is 77.3 cm³/mol. The number of phenols is 1. The van der Waals surface area contributed by atoms with Gasteiger partial charge in [-0.05, 0) is 37.6 Å². The van der Waals surface area contributed by atoms with Crippen molar-refractivity contribution in [1.29, 1.82) is 0 Å². The first-order valence-electron chi connectivity index (χ1n) is 6.99. The Bertz CT molecular complexity index is 547. The highest BCUT2D eigenvalue weighted by atomic mass is 16.6. The van der Waals surface area contributed by atoms with Gasteiger partial charge in [-0.1, -0.05) is 6.92 Å². The van der Waals surface area contributed by atoms with Crippen LogP contribution in [0.2, 0.25) is 0 Å². The van der Waals surface area contributed by atoms with E-state index >= 15 is 0 Å². The molecule has 0 radical (unpaired) electrons. The number of likely N-dealkylation sites (tertiary alicyclic amines) is 1. The SMILES string of the molecule is CCN1CCC(CNC(=O)c2ccc([N+](=O)[O-])c(O)c2)C1. The largest absolute Gasteiger partial charge is 0.502 e. The molecule has 0 aromatic heterocycles. The monoisotopic (exact) mass is 293 g/mol. The van der Waals surface area contributed by atoms with E-state index < -0.39 is 16.4 Å². The lowest BCUT2D eigenvalue weighted by Crippen LogP contribution is -2.31. The molecule has 0 bridgehead atoms. The van der Waals surface area contributed by atoms with Crippen LogP contribution in [0.15, 0.2) is 18.2 Å². The van der Waals surface area contributed by atoms with Crippen molar-refractivity contribution in [2.24, 2.45) is 5.92 Å². The highest BCUT2D eigenvalue weighted by Gasteiger charge is 2.22. The number of nitro groups is 1. The third kappa shape index (κ3) is 3.69. The number of hydrogen-bond acceptors (Lipinski definition) is 5. The van der Waals surface area contributed by atoms with Crippen LogP contribution in [-0.4, -0.2) is 47.0 Å². The van der Waals surface area contributed by atoms with Crippen molar-refractivity contribution in [3.63, 3.8) is 0 Å². The minimum absolute atomic E-state index is 0.225. The van der Waals surface area contributed by atoms with Crippen LogP contribution < -0.4 is 5.32 Å². The molecule has 1 amide bonds. The Morgan fingerprint density at radius 3 is 2.90 bits per heavy atom. The normalized spacial score (nSPS) is 18.6. The summed E-state index contributed by atoms with van der Waals surface area (Å²) in [7, 11) is 0. The number of amides is 1. The molecule has 1 unspecified atom stereocenters. The summed E-state index contributed by atoms with van der Waals surface area (Å²) in [6.45, 7) is 5.73. The van der Waals surface area contributed by atoms with Gasteiger partial charge in [-0.3, -0.25) is 14.9 Å². The summed E-state index contributed by atoms with van der Waals surface area (Å²) in [5, 5.41) is 22.9. The average molecular weight is 293 g/mol. The molecule has 1 aliphatic heterocycles. The second kappa shape index (κ2) is 6.53. The van der Waals surface area contributed by atoms with Crippen LogP contribution in [0.1, 0.15) is 23.7 Å². The fourth-order valence-corrected chi connectivity index (χ4v) is 2.52. The van der Waals surface area contributed by atoms with Gasteiger partial charge in [0.25, 0.3) is 5.91 Å². The molecule has 1 fully saturated rings. The molecular formula is C14H19N3O4. The number of nitrogens with one attached hydrogen (secondary N) is 1. The van der Waals surface area contributed by atoms with Crippen molar-refractivity contribution in [2.75, 3.05) is 26.2 Å². The van der Waals surface area contributed by atoms with E-state index in [0.717, 1.165) is 38.2 Å². The summed E-state index contributed by atoms with van der Waals surface area (Å²) in [5.41, 5.74) is -0.177. The van der Waals surface area contributed by atoms with E-state index in [1.54, 1.807) is 0 Å². The number of aromatic hydroxyl groups is 1. The molecule has 0 aliphatic carbocycles. The van der Waals surface area contributed by atoms with Crippen molar-refractivity contribution in [3.8, 4) is 5.75 Å². The zero-order valence-electron chi connectivity index (χ0n) is 11.9. The summed E-state index contributed by atoms with van der Waals surface area (Å²) in [5.74, 6) is -0.388. The van der Waals surface area contributed by atoms with Gasteiger partial charge in [0.05, 0.1) is 4.92 Å². The zero-order valence-corrected chi connectivity index (χ0v) is 11.9. The van der Waals surface area contributed by atoms with E-state index in [9.17, 15) is 20.0 Å². The predicted octanol–water partition coefficient (Wildman–Crippen LogP) is 1.37. The number of carbonyl (C=O) groups is 1. The number of hydrogen-bond donors (Lipinski definition) is 2. The van der Waals surface area contributed by atoms with Crippen molar-refractivity contribution in [2.45, 2.75) is 13.3 Å². The molecule has 2 rings (SSSR count). The lowest BCUT2D eigenvalue weighted by atomic mass is 10.1. The Balaban J connectivity index is 1.92. The molecule has 1 aromatic carbocycles. The molecular weight excluding hydrogens is 274 g/mol. The van der Waals surface area contributed by atoms with Gasteiger partial charge in [0.2, 0.25) is 0 Å². The van der Waals surface area contributed by atoms with Crippen LogP contribution in [0, 0.1) is 16.0 Å². The second-order valence-electron chi connectivity index (χ2n) is 5.22. The third-order valence-corrected chi connectivity index (χ3v) is 3.80. The number of carbonyl (C=O) groups excluding carboxylic acids is 1. The van der Waals surface area contributed by atoms with Gasteiger partial charge < -0.3 is 15.3 Å². The van der Waals surface area contributed by atoms with Crippen LogP contribution in [0.5, 0.6) is 5.75 Å². The minimum Gasteiger partial charge on any atom is -0.502 e. The summed E-state index contributed by atoms with van der Waals surface area (Å²) >= 11 is 0. The summed E-state index contributed by atoms with van der Waals surface area (Å²) < 4.78 is 0. The Hall–Kier alpha value is -2.15. The Labute approximate surface area is 122 Å². The first kappa shape index (κ1) is 15.2. The molecule has 1 aliphatic rings. The van der Waals surface area contributed by atoms with Crippen LogP contribution in [0.25, 0.3) is 0 Å². The smallest absolute Gasteiger partial charge is 0.310 e. The van der Waals surface area contributed by atoms with Crippen molar-refractivity contribution < 1.29 is 14.8 Å². The van der Waals surface area contributed by atoms with E-state index in [-0.39, 0.29) is 11.5 Å². The van der Waals surface area contributed by atoms with E-state index in [1.807, 2.05) is 0 Å². The van der Waals surface area contributed by atoms with Crippen LogP contribution in [-0.2, 0) is 0 Å². The summed E-state index contributed by atoms with van der Waals surface area (Å²) in [6.07, 6.45) is 1.06. The molecule has 1 atom stereocenters. The first-order valence-corrected chi connectivity index (χ1v) is 6.99. The summed E-state index contributed by atoms with van der Waals surface area (Å²) in [6, 6.07) is 3.61. The van der Waals surface area contributed by atoms with Crippen LogP contribution in [0.4, 0.5) is 5.69 Å². The number of benzene rings is 1. The Morgan fingerprint density at radius 2 is 2.33 bits per heavy atom. The maximum Gasteiger partial charge on any atom is 0.310 e. The number of nitro benzene ring substituents is 1. The molecule has 7 nitrogen and oxygen atoms in total. The first-order chi connectivity index (χ1) is 10.0. The van der Waals surface area contributed by atoms with E-state index in [0.29, 0.717) is 12.5 Å². The standard InChI is InChI=1S/C14H19N3O4/c1-2-16-6-5-10(9-16)8-15-14(19)11-3-4-12(17(20)21)13(18)7-11/h3-4,7,10,18H,2,5-6,8-9H2,1H3,(H,15,19). The van der Waals surface area contributed by atoms with Crippen molar-refractivity contribution in [3.05, 3.63) is 33.9 Å². The fourth-order valence-electron chi connectivity index (χ4n) is 2.52. The molecule has 1 saturated heterocycles. The Morgan fingerprint density at radius 1 is 1.57 bits per heavy atom. The highest BCUT2D eigenvalue weighted by Crippen LogP contribution is 2.26. The van der Waals surface area contributed by atoms with E-state index in [1.165, 1.54) is 6.07 Å². The molecule has 21 heavy (non-hydrogen) atoms. The van der Waals surface area contributed by atoms with Crippen LogP contribution >= 0.6 is 0 Å². The lowest BCUT2D eigenvalue weighted by Gasteiger charge is -2.13. The minimum atomic E-state index is -0.686. The summed E-state index contributed by atoms with van der Waals surface area (Å²) in [4.78, 5) is 24.2. The highest BCUT2D eigenvalue weighted by molar-refractivity contribution is 5.95. The van der Waals surface area contributed by atoms with Gasteiger partial charge in [0, 0.05) is 24.7 Å². The topological polar surface area (TPSA) is 95.7 Å². The maximum atomic E-state index is 12.0. The lowest BCUT2D eigenvalue weighted by molar-refractivity contribution is -0.385. The Kier molecular flexibility index (Phi) is 4.74. The molecule has 0 spiro atoms.